The van der Waals surface area contributed by atoms with Crippen molar-refractivity contribution in [3.63, 3.8) is 0 Å². The van der Waals surface area contributed by atoms with Gasteiger partial charge in [0, 0.05) is 6.54 Å². The van der Waals surface area contributed by atoms with Crippen LogP contribution in [0.5, 0.6) is 5.75 Å². The highest BCUT2D eigenvalue weighted by Crippen LogP contribution is 2.29. The molecular formula is C23H37NO3. The zero-order valence-electron chi connectivity index (χ0n) is 17.2. The molecule has 1 N–H and O–H groups in total. The van der Waals surface area contributed by atoms with E-state index in [0.29, 0.717) is 12.3 Å². The molecule has 0 radical (unpaired) electrons. The van der Waals surface area contributed by atoms with E-state index >= 15 is 0 Å². The van der Waals surface area contributed by atoms with Gasteiger partial charge < -0.3 is 9.84 Å². The van der Waals surface area contributed by atoms with Gasteiger partial charge in [0.2, 0.25) is 0 Å². The van der Waals surface area contributed by atoms with Gasteiger partial charge in [-0.1, -0.05) is 58.1 Å². The van der Waals surface area contributed by atoms with Crippen molar-refractivity contribution in [1.29, 1.82) is 0 Å². The first-order valence-electron chi connectivity index (χ1n) is 10.8. The molecule has 4 heteroatoms. The van der Waals surface area contributed by atoms with Crippen LogP contribution in [0.4, 0.5) is 0 Å². The predicted octanol–water partition coefficient (Wildman–Crippen LogP) is 5.47. The summed E-state index contributed by atoms with van der Waals surface area (Å²) in [5.41, 5.74) is 1.30. The Hall–Kier alpha value is -1.55. The van der Waals surface area contributed by atoms with Crippen molar-refractivity contribution < 1.29 is 14.6 Å². The highest BCUT2D eigenvalue weighted by atomic mass is 16.5. The molecule has 2 unspecified atom stereocenters. The van der Waals surface area contributed by atoms with Gasteiger partial charge in [-0.05, 0) is 55.8 Å². The number of ether oxygens (including phenoxy) is 1. The van der Waals surface area contributed by atoms with Gasteiger partial charge in [-0.3, -0.25) is 9.69 Å². The third kappa shape index (κ3) is 7.17. The maximum atomic E-state index is 11.5. The van der Waals surface area contributed by atoms with Gasteiger partial charge in [-0.15, -0.1) is 0 Å². The second kappa shape index (κ2) is 12.0. The number of nitrogens with zero attached hydrogens (tertiary/aromatic N) is 1. The maximum absolute atomic E-state index is 11.5. The first kappa shape index (κ1) is 21.7. The van der Waals surface area contributed by atoms with Crippen molar-refractivity contribution in [2.45, 2.75) is 83.6 Å². The highest BCUT2D eigenvalue weighted by Gasteiger charge is 2.29. The molecule has 0 aliphatic carbocycles. The van der Waals surface area contributed by atoms with E-state index in [4.69, 9.17) is 4.74 Å². The van der Waals surface area contributed by atoms with Gasteiger partial charge >= 0.3 is 5.97 Å². The minimum absolute atomic E-state index is 0.354. The Morgan fingerprint density at radius 3 is 2.52 bits per heavy atom. The smallest absolute Gasteiger partial charge is 0.320 e. The molecule has 0 amide bonds. The van der Waals surface area contributed by atoms with E-state index in [9.17, 15) is 9.90 Å². The van der Waals surface area contributed by atoms with Crippen LogP contribution in [0.25, 0.3) is 0 Å². The van der Waals surface area contributed by atoms with Crippen LogP contribution >= 0.6 is 0 Å². The number of unbranched alkanes of at least 4 members (excludes halogenated alkanes) is 5. The molecular weight excluding hydrogens is 338 g/mol. The number of hydrogen-bond acceptors (Lipinski definition) is 3. The van der Waals surface area contributed by atoms with Crippen molar-refractivity contribution in [2.75, 3.05) is 19.7 Å². The van der Waals surface area contributed by atoms with Gasteiger partial charge in [0.15, 0.2) is 0 Å². The van der Waals surface area contributed by atoms with E-state index in [0.717, 1.165) is 44.7 Å². The lowest BCUT2D eigenvalue weighted by molar-refractivity contribution is -0.144. The van der Waals surface area contributed by atoms with Crippen molar-refractivity contribution in [2.24, 2.45) is 0 Å². The second-order valence-electron chi connectivity index (χ2n) is 7.78. The monoisotopic (exact) mass is 375 g/mol. The summed E-state index contributed by atoms with van der Waals surface area (Å²) in [7, 11) is 0. The Labute approximate surface area is 164 Å². The molecule has 1 aliphatic heterocycles. The van der Waals surface area contributed by atoms with Crippen LogP contribution in [0.15, 0.2) is 24.3 Å². The Morgan fingerprint density at radius 2 is 1.85 bits per heavy atom. The molecule has 1 heterocycles. The van der Waals surface area contributed by atoms with Crippen LogP contribution in [0.1, 0.15) is 83.1 Å². The number of rotatable bonds is 12. The minimum atomic E-state index is -0.698. The van der Waals surface area contributed by atoms with E-state index < -0.39 is 5.97 Å². The van der Waals surface area contributed by atoms with Crippen molar-refractivity contribution >= 4 is 5.97 Å². The molecule has 27 heavy (non-hydrogen) atoms. The van der Waals surface area contributed by atoms with Gasteiger partial charge in [-0.2, -0.15) is 0 Å². The minimum Gasteiger partial charge on any atom is -0.494 e. The first-order chi connectivity index (χ1) is 13.2. The molecule has 2 rings (SSSR count). The molecule has 1 fully saturated rings. The summed E-state index contributed by atoms with van der Waals surface area (Å²) in [6.07, 6.45) is 10.5. The number of hydrogen-bond donors (Lipinski definition) is 1. The number of benzene rings is 1. The lowest BCUT2D eigenvalue weighted by atomic mass is 9.89. The normalized spacial score (nSPS) is 19.0. The van der Waals surface area contributed by atoms with Gasteiger partial charge in [0.25, 0.3) is 0 Å². The van der Waals surface area contributed by atoms with Crippen LogP contribution in [0.3, 0.4) is 0 Å². The van der Waals surface area contributed by atoms with Crippen LogP contribution in [0.2, 0.25) is 0 Å². The summed E-state index contributed by atoms with van der Waals surface area (Å²) in [4.78, 5) is 13.6. The molecule has 1 aromatic carbocycles. The van der Waals surface area contributed by atoms with Gasteiger partial charge in [-0.25, -0.2) is 0 Å². The second-order valence-corrected chi connectivity index (χ2v) is 7.78. The standard InChI is InChI=1S/C23H37NO3/c1-3-5-6-7-8-9-17-27-21-14-12-19(13-15-21)20-11-10-16-24(18-20)22(4-2)23(25)26/h12-15,20,22H,3-11,16-18H2,1-2H3,(H,25,26). The summed E-state index contributed by atoms with van der Waals surface area (Å²) in [6.45, 7) is 6.72. The fourth-order valence-electron chi connectivity index (χ4n) is 4.06. The fraction of sp³-hybridized carbons (Fsp3) is 0.696. The number of piperidine rings is 1. The average Bonchev–Trinajstić information content (AvgIpc) is 2.68. The largest absolute Gasteiger partial charge is 0.494 e. The lowest BCUT2D eigenvalue weighted by Gasteiger charge is -2.36. The third-order valence-electron chi connectivity index (χ3n) is 5.68. The number of carbonyl (C=O) groups is 1. The number of carboxylic acid groups (broad SMARTS) is 1. The highest BCUT2D eigenvalue weighted by molar-refractivity contribution is 5.73. The molecule has 4 nitrogen and oxygen atoms in total. The number of aliphatic carboxylic acids is 1. The molecule has 1 aromatic rings. The predicted molar refractivity (Wildman–Crippen MR) is 111 cm³/mol. The molecule has 1 aliphatic rings. The van der Waals surface area contributed by atoms with Gasteiger partial charge in [0.1, 0.15) is 11.8 Å². The lowest BCUT2D eigenvalue weighted by Crippen LogP contribution is -2.45. The molecule has 1 saturated heterocycles. The molecule has 0 spiro atoms. The Bertz CT molecular complexity index is 543. The Kier molecular flexibility index (Phi) is 9.68. The van der Waals surface area contributed by atoms with Crippen molar-refractivity contribution in [1.82, 2.24) is 4.90 Å². The molecule has 0 saturated carbocycles. The summed E-state index contributed by atoms with van der Waals surface area (Å²) in [6, 6.07) is 8.10. The average molecular weight is 376 g/mol. The van der Waals surface area contributed by atoms with E-state index in [1.807, 2.05) is 6.92 Å². The molecule has 152 valence electrons. The van der Waals surface area contributed by atoms with Crippen molar-refractivity contribution in [3.8, 4) is 5.75 Å². The molecule has 2 atom stereocenters. The van der Waals surface area contributed by atoms with E-state index in [2.05, 4.69) is 36.1 Å². The van der Waals surface area contributed by atoms with E-state index in [1.54, 1.807) is 0 Å². The van der Waals surface area contributed by atoms with Crippen LogP contribution in [0, 0.1) is 0 Å². The maximum Gasteiger partial charge on any atom is 0.320 e. The zero-order chi connectivity index (χ0) is 19.5. The quantitative estimate of drug-likeness (QED) is 0.492. The number of carboxylic acids is 1. The number of likely N-dealkylation sites (tertiary alicyclic amines) is 1. The molecule has 0 bridgehead atoms. The van der Waals surface area contributed by atoms with Gasteiger partial charge in [0.05, 0.1) is 6.61 Å². The van der Waals surface area contributed by atoms with Crippen LogP contribution in [-0.2, 0) is 4.79 Å². The van der Waals surface area contributed by atoms with E-state index in [-0.39, 0.29) is 6.04 Å². The van der Waals surface area contributed by atoms with Crippen LogP contribution in [-0.4, -0.2) is 41.7 Å². The first-order valence-corrected chi connectivity index (χ1v) is 10.8. The Balaban J connectivity index is 1.78. The van der Waals surface area contributed by atoms with Crippen LogP contribution < -0.4 is 4.74 Å². The van der Waals surface area contributed by atoms with E-state index in [1.165, 1.54) is 37.7 Å². The third-order valence-corrected chi connectivity index (χ3v) is 5.68. The zero-order valence-corrected chi connectivity index (χ0v) is 17.2. The summed E-state index contributed by atoms with van der Waals surface area (Å²) >= 11 is 0. The summed E-state index contributed by atoms with van der Waals surface area (Å²) < 4.78 is 5.87. The topological polar surface area (TPSA) is 49.8 Å². The molecule has 0 aromatic heterocycles. The Morgan fingerprint density at radius 1 is 1.15 bits per heavy atom. The van der Waals surface area contributed by atoms with Crippen molar-refractivity contribution in [3.05, 3.63) is 29.8 Å². The summed E-state index contributed by atoms with van der Waals surface area (Å²) in [5, 5.41) is 9.42. The summed E-state index contributed by atoms with van der Waals surface area (Å²) in [5.74, 6) is 0.660. The fourth-order valence-corrected chi connectivity index (χ4v) is 4.06. The SMILES string of the molecule is CCCCCCCCOc1ccc(C2CCCN(C(CC)C(=O)O)C2)cc1.